The fourth-order valence-electron chi connectivity index (χ4n) is 4.66. The molecule has 8 nitrogen and oxygen atoms in total. The predicted octanol–water partition coefficient (Wildman–Crippen LogP) is 2.03. The van der Waals surface area contributed by atoms with Crippen LogP contribution in [0.5, 0.6) is 0 Å². The molecule has 3 unspecified atom stereocenters. The number of halogens is 1. The van der Waals surface area contributed by atoms with Gasteiger partial charge in [-0.15, -0.1) is 24.0 Å². The number of hydrogen-bond acceptors (Lipinski definition) is 5. The number of nitrogens with zero attached hydrogens (tertiary/aromatic N) is 5. The number of likely N-dealkylation sites (N-methyl/N-ethyl adjacent to an activating group) is 1. The zero-order valence-electron chi connectivity index (χ0n) is 18.6. The van der Waals surface area contributed by atoms with Crippen molar-refractivity contribution in [2.45, 2.75) is 70.2 Å². The van der Waals surface area contributed by atoms with Gasteiger partial charge >= 0.3 is 0 Å². The van der Waals surface area contributed by atoms with Gasteiger partial charge in [0.25, 0.3) is 0 Å². The van der Waals surface area contributed by atoms with Crippen molar-refractivity contribution in [1.82, 2.24) is 30.3 Å². The van der Waals surface area contributed by atoms with E-state index < -0.39 is 0 Å². The Morgan fingerprint density at radius 3 is 2.83 bits per heavy atom. The number of ether oxygens (including phenoxy) is 1. The van der Waals surface area contributed by atoms with Crippen LogP contribution in [0.2, 0.25) is 0 Å². The zero-order chi connectivity index (χ0) is 20.1. The van der Waals surface area contributed by atoms with Crippen LogP contribution in [0.3, 0.4) is 0 Å². The molecule has 1 saturated carbocycles. The molecular weight excluding hydrogens is 481 g/mol. The minimum Gasteiger partial charge on any atom is -0.377 e. The SMILES string of the molecule is CN=C(NCC1(N(C)C)CCCC(C)C1)NC1CCc2nc(COC)nn2C1.I. The molecule has 3 atom stereocenters. The van der Waals surface area contributed by atoms with Crippen molar-refractivity contribution in [3.05, 3.63) is 11.6 Å². The first-order valence-electron chi connectivity index (χ1n) is 10.5. The van der Waals surface area contributed by atoms with E-state index in [1.165, 1.54) is 25.7 Å². The van der Waals surface area contributed by atoms with Gasteiger partial charge in [0.2, 0.25) is 0 Å². The highest BCUT2D eigenvalue weighted by Crippen LogP contribution is 2.35. The van der Waals surface area contributed by atoms with Gasteiger partial charge in [-0.05, 0) is 39.3 Å². The molecule has 166 valence electrons. The van der Waals surface area contributed by atoms with Crippen LogP contribution in [0, 0.1) is 5.92 Å². The van der Waals surface area contributed by atoms with Gasteiger partial charge in [-0.1, -0.05) is 19.8 Å². The van der Waals surface area contributed by atoms with E-state index in [0.717, 1.165) is 49.5 Å². The molecule has 1 aliphatic carbocycles. The Morgan fingerprint density at radius 1 is 1.38 bits per heavy atom. The standard InChI is InChI=1S/C20H37N7O.HI/c1-15-7-6-10-20(11-15,26(3)4)14-22-19(21-2)23-16-8-9-18-24-17(13-28-5)25-27(18)12-16;/h15-16H,6-14H2,1-5H3,(H2,21,22,23);1H. The molecule has 2 aliphatic rings. The smallest absolute Gasteiger partial charge is 0.191 e. The van der Waals surface area contributed by atoms with Crippen LogP contribution in [0.4, 0.5) is 0 Å². The van der Waals surface area contributed by atoms with Gasteiger partial charge < -0.3 is 20.3 Å². The third-order valence-corrected chi connectivity index (χ3v) is 6.34. The fraction of sp³-hybridized carbons (Fsp3) is 0.850. The highest BCUT2D eigenvalue weighted by molar-refractivity contribution is 14.0. The number of guanidine groups is 1. The number of fused-ring (bicyclic) bond motifs is 1. The molecule has 29 heavy (non-hydrogen) atoms. The largest absolute Gasteiger partial charge is 0.377 e. The molecule has 3 rings (SSSR count). The molecule has 1 aromatic rings. The van der Waals surface area contributed by atoms with E-state index in [1.54, 1.807) is 7.11 Å². The Hall–Kier alpha value is -0.940. The second kappa shape index (κ2) is 10.9. The third-order valence-electron chi connectivity index (χ3n) is 6.34. The molecule has 2 N–H and O–H groups in total. The lowest BCUT2D eigenvalue weighted by Crippen LogP contribution is -2.57. The highest BCUT2D eigenvalue weighted by Gasteiger charge is 2.37. The van der Waals surface area contributed by atoms with Crippen molar-refractivity contribution < 1.29 is 4.74 Å². The predicted molar refractivity (Wildman–Crippen MR) is 127 cm³/mol. The van der Waals surface area contributed by atoms with Gasteiger partial charge in [-0.3, -0.25) is 4.99 Å². The Labute approximate surface area is 192 Å². The van der Waals surface area contributed by atoms with Crippen LogP contribution in [-0.2, 0) is 24.3 Å². The second-order valence-electron chi connectivity index (χ2n) is 8.69. The van der Waals surface area contributed by atoms with E-state index in [-0.39, 0.29) is 29.5 Å². The summed E-state index contributed by atoms with van der Waals surface area (Å²) in [7, 11) is 7.94. The number of rotatable bonds is 6. The molecular formula is C20H38IN7O. The maximum absolute atomic E-state index is 5.15. The molecule has 0 spiro atoms. The number of aryl methyl sites for hydroxylation is 1. The maximum Gasteiger partial charge on any atom is 0.191 e. The summed E-state index contributed by atoms with van der Waals surface area (Å²) in [4.78, 5) is 11.4. The molecule has 9 heteroatoms. The van der Waals surface area contributed by atoms with Gasteiger partial charge in [0.1, 0.15) is 12.4 Å². The van der Waals surface area contributed by atoms with Gasteiger partial charge in [0, 0.05) is 38.7 Å². The molecule has 0 amide bonds. The molecule has 1 aliphatic heterocycles. The molecule has 2 heterocycles. The molecule has 0 saturated heterocycles. The van der Waals surface area contributed by atoms with Crippen LogP contribution in [0.15, 0.2) is 4.99 Å². The molecule has 1 fully saturated rings. The van der Waals surface area contributed by atoms with Gasteiger partial charge in [-0.2, -0.15) is 5.10 Å². The Balaban J connectivity index is 0.00000300. The monoisotopic (exact) mass is 519 g/mol. The lowest BCUT2D eigenvalue weighted by atomic mass is 9.75. The number of hydrogen-bond donors (Lipinski definition) is 2. The number of aliphatic imine (C=N–C) groups is 1. The average Bonchev–Trinajstić information content (AvgIpc) is 3.07. The Morgan fingerprint density at radius 2 is 2.17 bits per heavy atom. The molecule has 0 aromatic carbocycles. The summed E-state index contributed by atoms with van der Waals surface area (Å²) in [5.74, 6) is 3.47. The first kappa shape index (κ1) is 24.3. The minimum atomic E-state index is 0. The van der Waals surface area contributed by atoms with E-state index in [0.29, 0.717) is 12.6 Å². The number of aromatic nitrogens is 3. The van der Waals surface area contributed by atoms with Crippen molar-refractivity contribution in [2.24, 2.45) is 10.9 Å². The lowest BCUT2D eigenvalue weighted by molar-refractivity contribution is 0.0795. The average molecular weight is 519 g/mol. The van der Waals surface area contributed by atoms with E-state index in [1.807, 2.05) is 11.7 Å². The summed E-state index contributed by atoms with van der Waals surface area (Å²) in [6.45, 7) is 4.57. The van der Waals surface area contributed by atoms with Crippen LogP contribution in [-0.4, -0.2) is 72.0 Å². The summed E-state index contributed by atoms with van der Waals surface area (Å²) < 4.78 is 7.16. The summed E-state index contributed by atoms with van der Waals surface area (Å²) in [6.07, 6.45) is 7.07. The summed E-state index contributed by atoms with van der Waals surface area (Å²) in [5.41, 5.74) is 0.204. The van der Waals surface area contributed by atoms with Crippen molar-refractivity contribution >= 4 is 29.9 Å². The first-order chi connectivity index (χ1) is 13.5. The van der Waals surface area contributed by atoms with Crippen molar-refractivity contribution in [2.75, 3.05) is 34.8 Å². The molecule has 1 aromatic heterocycles. The highest BCUT2D eigenvalue weighted by atomic mass is 127. The van der Waals surface area contributed by atoms with Crippen LogP contribution in [0.25, 0.3) is 0 Å². The third kappa shape index (κ3) is 6.04. The summed E-state index contributed by atoms with van der Waals surface area (Å²) >= 11 is 0. The van der Waals surface area contributed by atoms with E-state index in [2.05, 4.69) is 51.6 Å². The molecule has 0 bridgehead atoms. The van der Waals surface area contributed by atoms with Crippen molar-refractivity contribution in [1.29, 1.82) is 0 Å². The van der Waals surface area contributed by atoms with E-state index >= 15 is 0 Å². The van der Waals surface area contributed by atoms with Crippen molar-refractivity contribution in [3.8, 4) is 0 Å². The van der Waals surface area contributed by atoms with Gasteiger partial charge in [0.05, 0.1) is 6.54 Å². The normalized spacial score (nSPS) is 27.3. The summed E-state index contributed by atoms with van der Waals surface area (Å²) in [5, 5.41) is 11.8. The second-order valence-corrected chi connectivity index (χ2v) is 8.69. The van der Waals surface area contributed by atoms with Crippen molar-refractivity contribution in [3.63, 3.8) is 0 Å². The van der Waals surface area contributed by atoms with Gasteiger partial charge in [0.15, 0.2) is 11.8 Å². The number of nitrogens with one attached hydrogen (secondary N) is 2. The molecule has 0 radical (unpaired) electrons. The van der Waals surface area contributed by atoms with Crippen LogP contribution in [0.1, 0.15) is 50.7 Å². The topological polar surface area (TPSA) is 79.6 Å². The summed E-state index contributed by atoms with van der Waals surface area (Å²) in [6, 6.07) is 0.302. The van der Waals surface area contributed by atoms with Gasteiger partial charge in [-0.25, -0.2) is 9.67 Å². The lowest BCUT2D eigenvalue weighted by Gasteiger charge is -2.45. The zero-order valence-corrected chi connectivity index (χ0v) is 20.9. The first-order valence-corrected chi connectivity index (χ1v) is 10.5. The Bertz CT molecular complexity index is 678. The quantitative estimate of drug-likeness (QED) is 0.340. The maximum atomic E-state index is 5.15. The minimum absolute atomic E-state index is 0. The van der Waals surface area contributed by atoms with Crippen LogP contribution >= 0.6 is 24.0 Å². The number of methoxy groups -OCH3 is 1. The Kier molecular flexibility index (Phi) is 9.15. The fourth-order valence-corrected chi connectivity index (χ4v) is 4.66. The van der Waals surface area contributed by atoms with Crippen LogP contribution < -0.4 is 10.6 Å². The van der Waals surface area contributed by atoms with E-state index in [4.69, 9.17) is 4.74 Å². The van der Waals surface area contributed by atoms with E-state index in [9.17, 15) is 0 Å².